The topological polar surface area (TPSA) is 84.7 Å². The number of nitrogens with zero attached hydrogens (tertiary/aromatic N) is 1. The highest BCUT2D eigenvalue weighted by Gasteiger charge is 2.36. The average molecular weight is 454 g/mol. The summed E-state index contributed by atoms with van der Waals surface area (Å²) in [6.45, 7) is 6.15. The van der Waals surface area contributed by atoms with Crippen molar-refractivity contribution < 1.29 is 17.6 Å². The Morgan fingerprint density at radius 3 is 2.34 bits per heavy atom. The van der Waals surface area contributed by atoms with Gasteiger partial charge in [0.05, 0.1) is 16.9 Å². The molecule has 0 unspecified atom stereocenters. The Balaban J connectivity index is 1.73. The largest absolute Gasteiger partial charge is 0.451 e. The molecule has 0 aliphatic carbocycles. The van der Waals surface area contributed by atoms with Gasteiger partial charge in [0.25, 0.3) is 5.91 Å². The van der Waals surface area contributed by atoms with E-state index in [9.17, 15) is 18.0 Å². The lowest BCUT2D eigenvalue weighted by molar-refractivity contribution is 0.0648. The molecule has 1 amide bonds. The first-order valence-corrected chi connectivity index (χ1v) is 12.6. The zero-order chi connectivity index (χ0) is 23.0. The summed E-state index contributed by atoms with van der Waals surface area (Å²) < 4.78 is 30.1. The summed E-state index contributed by atoms with van der Waals surface area (Å²) in [7, 11) is -3.20. The minimum absolute atomic E-state index is 0.0519. The molecule has 4 rings (SSSR count). The number of benzene rings is 2. The molecule has 1 fully saturated rings. The van der Waals surface area contributed by atoms with Gasteiger partial charge in [-0.15, -0.1) is 0 Å². The number of rotatable bonds is 5. The van der Waals surface area contributed by atoms with Crippen LogP contribution in [0.5, 0.6) is 0 Å². The van der Waals surface area contributed by atoms with Gasteiger partial charge in [-0.25, -0.2) is 8.42 Å². The average Bonchev–Trinajstić information content (AvgIpc) is 3.12. The zero-order valence-corrected chi connectivity index (χ0v) is 19.4. The first-order chi connectivity index (χ1) is 15.2. The standard InChI is InChI=1S/C25H27NO5S/c1-4-18-5-7-19(8-6-18)14-26(20-9-10-32(29,30)15-20)25(28)24-13-22(27)21-11-16(2)17(3)12-23(21)31-24/h5-8,11-13,20H,4,9-10,14-15H2,1-3H3/t20-/m1/s1. The van der Waals surface area contributed by atoms with Crippen LogP contribution in [0, 0.1) is 13.8 Å². The smallest absolute Gasteiger partial charge is 0.290 e. The van der Waals surface area contributed by atoms with Crippen molar-refractivity contribution in [3.8, 4) is 0 Å². The number of aryl methyl sites for hydroxylation is 3. The molecule has 0 spiro atoms. The van der Waals surface area contributed by atoms with E-state index in [0.29, 0.717) is 17.4 Å². The molecule has 168 valence electrons. The summed E-state index contributed by atoms with van der Waals surface area (Å²) in [6, 6.07) is 12.2. The second kappa shape index (κ2) is 8.54. The number of hydrogen-bond donors (Lipinski definition) is 0. The second-order valence-electron chi connectivity index (χ2n) is 8.57. The number of fused-ring (bicyclic) bond motifs is 1. The van der Waals surface area contributed by atoms with E-state index in [0.717, 1.165) is 23.1 Å². The minimum atomic E-state index is -3.20. The van der Waals surface area contributed by atoms with Gasteiger partial charge in [0.1, 0.15) is 5.58 Å². The van der Waals surface area contributed by atoms with Crippen molar-refractivity contribution in [2.75, 3.05) is 11.5 Å². The van der Waals surface area contributed by atoms with Gasteiger partial charge in [0, 0.05) is 18.7 Å². The molecule has 2 heterocycles. The maximum absolute atomic E-state index is 13.5. The number of sulfone groups is 1. The van der Waals surface area contributed by atoms with E-state index in [1.807, 2.05) is 38.1 Å². The van der Waals surface area contributed by atoms with Gasteiger partial charge in [-0.2, -0.15) is 0 Å². The van der Waals surface area contributed by atoms with Crippen molar-refractivity contribution in [3.05, 3.63) is 80.7 Å². The Labute approximate surface area is 187 Å². The Morgan fingerprint density at radius 1 is 1.06 bits per heavy atom. The van der Waals surface area contributed by atoms with Crippen molar-refractivity contribution >= 4 is 26.7 Å². The van der Waals surface area contributed by atoms with Crippen molar-refractivity contribution in [2.24, 2.45) is 0 Å². The third-order valence-corrected chi connectivity index (χ3v) is 8.00. The third-order valence-electron chi connectivity index (χ3n) is 6.25. The number of amides is 1. The molecular weight excluding hydrogens is 426 g/mol. The SMILES string of the molecule is CCc1ccc(CN(C(=O)c2cc(=O)c3cc(C)c(C)cc3o2)[C@@H]2CCS(=O)(=O)C2)cc1. The fraction of sp³-hybridized carbons (Fsp3) is 0.360. The summed E-state index contributed by atoms with van der Waals surface area (Å²) in [6.07, 6.45) is 1.28. The monoisotopic (exact) mass is 453 g/mol. The first kappa shape index (κ1) is 22.3. The maximum atomic E-state index is 13.5. The minimum Gasteiger partial charge on any atom is -0.451 e. The van der Waals surface area contributed by atoms with Crippen molar-refractivity contribution in [1.82, 2.24) is 4.90 Å². The fourth-order valence-corrected chi connectivity index (χ4v) is 5.85. The van der Waals surface area contributed by atoms with Crippen LogP contribution in [0.2, 0.25) is 0 Å². The predicted octanol–water partition coefficient (Wildman–Crippen LogP) is 3.80. The Morgan fingerprint density at radius 2 is 1.72 bits per heavy atom. The third kappa shape index (κ3) is 4.48. The van der Waals surface area contributed by atoms with Crippen LogP contribution in [0.1, 0.15) is 46.2 Å². The van der Waals surface area contributed by atoms with Crippen LogP contribution in [-0.2, 0) is 22.8 Å². The van der Waals surface area contributed by atoms with E-state index in [2.05, 4.69) is 6.92 Å². The Kier molecular flexibility index (Phi) is 5.95. The Bertz CT molecular complexity index is 1340. The first-order valence-electron chi connectivity index (χ1n) is 10.8. The molecule has 6 nitrogen and oxygen atoms in total. The second-order valence-corrected chi connectivity index (χ2v) is 10.8. The van der Waals surface area contributed by atoms with E-state index in [1.165, 1.54) is 16.5 Å². The fourth-order valence-electron chi connectivity index (χ4n) is 4.12. The lowest BCUT2D eigenvalue weighted by atomic mass is 10.1. The quantitative estimate of drug-likeness (QED) is 0.587. The Hall–Kier alpha value is -2.93. The van der Waals surface area contributed by atoms with Crippen molar-refractivity contribution in [3.63, 3.8) is 0 Å². The molecule has 1 saturated heterocycles. The van der Waals surface area contributed by atoms with Gasteiger partial charge >= 0.3 is 0 Å². The number of carbonyl (C=O) groups is 1. The lowest BCUT2D eigenvalue weighted by Gasteiger charge is -2.28. The molecule has 2 aromatic carbocycles. The molecular formula is C25H27NO5S. The molecule has 0 bridgehead atoms. The summed E-state index contributed by atoms with van der Waals surface area (Å²) in [5.74, 6) is -0.567. The molecule has 7 heteroatoms. The summed E-state index contributed by atoms with van der Waals surface area (Å²) in [4.78, 5) is 27.8. The van der Waals surface area contributed by atoms with E-state index in [-0.39, 0.29) is 29.2 Å². The van der Waals surface area contributed by atoms with Gasteiger partial charge in [0.15, 0.2) is 21.0 Å². The number of hydrogen-bond acceptors (Lipinski definition) is 5. The molecule has 3 aromatic rings. The van der Waals surface area contributed by atoms with Crippen LogP contribution in [0.25, 0.3) is 11.0 Å². The van der Waals surface area contributed by atoms with Crippen LogP contribution in [0.3, 0.4) is 0 Å². The van der Waals surface area contributed by atoms with E-state index in [1.54, 1.807) is 12.1 Å². The highest BCUT2D eigenvalue weighted by molar-refractivity contribution is 7.91. The van der Waals surface area contributed by atoms with Gasteiger partial charge in [0.2, 0.25) is 0 Å². The molecule has 1 aromatic heterocycles. The number of carbonyl (C=O) groups excluding carboxylic acids is 1. The van der Waals surface area contributed by atoms with Gasteiger partial charge in [-0.1, -0.05) is 31.2 Å². The zero-order valence-electron chi connectivity index (χ0n) is 18.6. The van der Waals surface area contributed by atoms with Crippen LogP contribution in [0.15, 0.2) is 51.7 Å². The lowest BCUT2D eigenvalue weighted by Crippen LogP contribution is -2.40. The molecule has 0 saturated carbocycles. The summed E-state index contributed by atoms with van der Waals surface area (Å²) in [5.41, 5.74) is 4.08. The van der Waals surface area contributed by atoms with Crippen LogP contribution < -0.4 is 5.43 Å². The summed E-state index contributed by atoms with van der Waals surface area (Å²) in [5, 5.41) is 0.426. The highest BCUT2D eigenvalue weighted by Crippen LogP contribution is 2.24. The molecule has 1 aliphatic rings. The van der Waals surface area contributed by atoms with Crippen molar-refractivity contribution in [2.45, 2.75) is 46.2 Å². The van der Waals surface area contributed by atoms with Gasteiger partial charge in [-0.05, 0) is 61.1 Å². The maximum Gasteiger partial charge on any atom is 0.290 e. The van der Waals surface area contributed by atoms with E-state index in [4.69, 9.17) is 4.42 Å². The normalized spacial score (nSPS) is 17.5. The molecule has 1 aliphatic heterocycles. The molecule has 32 heavy (non-hydrogen) atoms. The van der Waals surface area contributed by atoms with E-state index >= 15 is 0 Å². The predicted molar refractivity (Wildman–Crippen MR) is 125 cm³/mol. The van der Waals surface area contributed by atoms with Crippen LogP contribution in [-0.4, -0.2) is 36.8 Å². The summed E-state index contributed by atoms with van der Waals surface area (Å²) >= 11 is 0. The molecule has 1 atom stereocenters. The van der Waals surface area contributed by atoms with Crippen LogP contribution in [0.4, 0.5) is 0 Å². The van der Waals surface area contributed by atoms with Gasteiger partial charge < -0.3 is 9.32 Å². The molecule has 0 radical (unpaired) electrons. The van der Waals surface area contributed by atoms with Gasteiger partial charge in [-0.3, -0.25) is 9.59 Å². The highest BCUT2D eigenvalue weighted by atomic mass is 32.2. The van der Waals surface area contributed by atoms with E-state index < -0.39 is 21.8 Å². The van der Waals surface area contributed by atoms with Crippen molar-refractivity contribution in [1.29, 1.82) is 0 Å². The van der Waals surface area contributed by atoms with Crippen LogP contribution >= 0.6 is 0 Å². The molecule has 0 N–H and O–H groups in total.